The van der Waals surface area contributed by atoms with Crippen molar-refractivity contribution in [3.05, 3.63) is 22.4 Å². The second-order valence-electron chi connectivity index (χ2n) is 8.16. The minimum absolute atomic E-state index is 0.120. The van der Waals surface area contributed by atoms with Gasteiger partial charge in [0.05, 0.1) is 6.54 Å². The van der Waals surface area contributed by atoms with Gasteiger partial charge in [0.15, 0.2) is 5.96 Å². The van der Waals surface area contributed by atoms with E-state index in [-0.39, 0.29) is 5.97 Å². The molecule has 1 unspecified atom stereocenters. The first-order valence-electron chi connectivity index (χ1n) is 10.1. The lowest BCUT2D eigenvalue weighted by atomic mass is 10.00. The van der Waals surface area contributed by atoms with E-state index in [0.717, 1.165) is 44.3 Å². The molecule has 7 heteroatoms. The van der Waals surface area contributed by atoms with Crippen molar-refractivity contribution in [2.24, 2.45) is 4.99 Å². The molecule has 1 aromatic heterocycles. The van der Waals surface area contributed by atoms with Gasteiger partial charge in [-0.05, 0) is 69.9 Å². The van der Waals surface area contributed by atoms with E-state index in [9.17, 15) is 9.90 Å². The molecule has 1 atom stereocenters. The normalized spacial score (nSPS) is 14.4. The molecular formula is C21H37N3O3S. The Morgan fingerprint density at radius 3 is 2.50 bits per heavy atom. The molecule has 0 aliphatic rings. The third-order valence-electron chi connectivity index (χ3n) is 4.05. The Balaban J connectivity index is 2.26. The van der Waals surface area contributed by atoms with Crippen LogP contribution in [-0.2, 0) is 15.1 Å². The van der Waals surface area contributed by atoms with E-state index >= 15 is 0 Å². The highest BCUT2D eigenvalue weighted by Crippen LogP contribution is 2.23. The van der Waals surface area contributed by atoms with Gasteiger partial charge in [0, 0.05) is 19.5 Å². The zero-order chi connectivity index (χ0) is 21.0. The van der Waals surface area contributed by atoms with Crippen LogP contribution in [0, 0.1) is 0 Å². The van der Waals surface area contributed by atoms with Crippen molar-refractivity contribution in [1.82, 2.24) is 10.6 Å². The topological polar surface area (TPSA) is 83.0 Å². The molecule has 6 nitrogen and oxygen atoms in total. The number of hydrogen-bond acceptors (Lipinski definition) is 5. The fourth-order valence-electron chi connectivity index (χ4n) is 2.58. The van der Waals surface area contributed by atoms with E-state index < -0.39 is 11.2 Å². The van der Waals surface area contributed by atoms with Gasteiger partial charge in [-0.1, -0.05) is 12.8 Å². The van der Waals surface area contributed by atoms with Gasteiger partial charge in [0.25, 0.3) is 0 Å². The van der Waals surface area contributed by atoms with E-state index in [0.29, 0.717) is 18.9 Å². The number of aliphatic imine (C=N–C) groups is 1. The van der Waals surface area contributed by atoms with Gasteiger partial charge in [-0.25, -0.2) is 4.99 Å². The lowest BCUT2D eigenvalue weighted by Crippen LogP contribution is -2.39. The lowest BCUT2D eigenvalue weighted by Gasteiger charge is -2.21. The Bertz CT molecular complexity index is 593. The van der Waals surface area contributed by atoms with Crippen LogP contribution in [0.15, 0.2) is 21.8 Å². The van der Waals surface area contributed by atoms with Crippen LogP contribution in [0.1, 0.15) is 72.3 Å². The van der Waals surface area contributed by atoms with Crippen molar-refractivity contribution in [2.45, 2.75) is 77.9 Å². The fraction of sp³-hybridized carbons (Fsp3) is 0.714. The van der Waals surface area contributed by atoms with Crippen LogP contribution in [0.2, 0.25) is 0 Å². The summed E-state index contributed by atoms with van der Waals surface area (Å²) < 4.78 is 5.31. The van der Waals surface area contributed by atoms with Crippen LogP contribution >= 0.6 is 11.3 Å². The number of ether oxygens (including phenoxy) is 1. The quantitative estimate of drug-likeness (QED) is 0.223. The number of carbonyl (C=O) groups excluding carboxylic acids is 1. The van der Waals surface area contributed by atoms with Crippen LogP contribution in [0.4, 0.5) is 0 Å². The predicted octanol–water partition coefficient (Wildman–Crippen LogP) is 3.80. The van der Waals surface area contributed by atoms with Crippen LogP contribution < -0.4 is 10.6 Å². The number of nitrogens with one attached hydrogen (secondary N) is 2. The van der Waals surface area contributed by atoms with Gasteiger partial charge in [-0.2, -0.15) is 11.3 Å². The molecule has 0 spiro atoms. The number of carbonyl (C=O) groups is 1. The smallest absolute Gasteiger partial charge is 0.306 e. The van der Waals surface area contributed by atoms with Gasteiger partial charge in [-0.3, -0.25) is 4.79 Å². The third kappa shape index (κ3) is 10.7. The minimum atomic E-state index is -0.968. The summed E-state index contributed by atoms with van der Waals surface area (Å²) in [6.45, 7) is 11.3. The maximum atomic E-state index is 11.7. The largest absolute Gasteiger partial charge is 0.460 e. The molecule has 0 aromatic carbocycles. The summed E-state index contributed by atoms with van der Waals surface area (Å²) in [4.78, 5) is 16.2. The molecule has 160 valence electrons. The van der Waals surface area contributed by atoms with Crippen LogP contribution in [0.5, 0.6) is 0 Å². The number of unbranched alkanes of at least 4 members (excludes halogenated alkanes) is 3. The van der Waals surface area contributed by atoms with E-state index in [1.807, 2.05) is 44.5 Å². The Morgan fingerprint density at radius 1 is 1.18 bits per heavy atom. The number of thiophene rings is 1. The average molecular weight is 412 g/mol. The number of nitrogens with zero attached hydrogens (tertiary/aromatic N) is 1. The van der Waals surface area contributed by atoms with Crippen molar-refractivity contribution in [3.8, 4) is 0 Å². The number of rotatable bonds is 11. The van der Waals surface area contributed by atoms with E-state index in [4.69, 9.17) is 4.74 Å². The highest BCUT2D eigenvalue weighted by molar-refractivity contribution is 7.08. The van der Waals surface area contributed by atoms with Crippen molar-refractivity contribution in [1.29, 1.82) is 0 Å². The Kier molecular flexibility index (Phi) is 10.5. The summed E-state index contributed by atoms with van der Waals surface area (Å²) in [5.74, 6) is 0.594. The molecule has 0 aliphatic carbocycles. The predicted molar refractivity (Wildman–Crippen MR) is 117 cm³/mol. The standard InChI is InChI=1S/C21H37N3O3S/c1-6-22-19(24-16-21(5,26)17-12-14-28-15-17)23-13-10-8-7-9-11-18(25)27-20(2,3)4/h12,14-15,26H,6-11,13,16H2,1-5H3,(H2,22,23,24). The molecular weight excluding hydrogens is 374 g/mol. The van der Waals surface area contributed by atoms with Gasteiger partial charge < -0.3 is 20.5 Å². The SMILES string of the molecule is CCNC(=NCC(C)(O)c1ccsc1)NCCCCCCC(=O)OC(C)(C)C. The van der Waals surface area contributed by atoms with Crippen molar-refractivity contribution < 1.29 is 14.6 Å². The molecule has 0 fully saturated rings. The molecule has 28 heavy (non-hydrogen) atoms. The fourth-order valence-corrected chi connectivity index (χ4v) is 3.37. The van der Waals surface area contributed by atoms with Crippen LogP contribution in [-0.4, -0.2) is 42.3 Å². The number of guanidine groups is 1. The van der Waals surface area contributed by atoms with E-state index in [1.165, 1.54) is 0 Å². The minimum Gasteiger partial charge on any atom is -0.460 e. The molecule has 0 radical (unpaired) electrons. The van der Waals surface area contributed by atoms with E-state index in [1.54, 1.807) is 18.3 Å². The highest BCUT2D eigenvalue weighted by Gasteiger charge is 2.23. The first-order valence-corrected chi connectivity index (χ1v) is 11.1. The zero-order valence-electron chi connectivity index (χ0n) is 18.0. The summed E-state index contributed by atoms with van der Waals surface area (Å²) in [5.41, 5.74) is -0.483. The highest BCUT2D eigenvalue weighted by atomic mass is 32.1. The van der Waals surface area contributed by atoms with E-state index in [2.05, 4.69) is 15.6 Å². The summed E-state index contributed by atoms with van der Waals surface area (Å²) in [6.07, 6.45) is 4.38. The Labute approximate surface area is 173 Å². The molecule has 1 heterocycles. The maximum Gasteiger partial charge on any atom is 0.306 e. The summed E-state index contributed by atoms with van der Waals surface area (Å²) in [5, 5.41) is 21.0. The summed E-state index contributed by atoms with van der Waals surface area (Å²) in [7, 11) is 0. The van der Waals surface area contributed by atoms with Crippen LogP contribution in [0.3, 0.4) is 0 Å². The molecule has 1 rings (SSSR count). The zero-order valence-corrected chi connectivity index (χ0v) is 18.8. The maximum absolute atomic E-state index is 11.7. The molecule has 0 aliphatic heterocycles. The lowest BCUT2D eigenvalue weighted by molar-refractivity contribution is -0.154. The van der Waals surface area contributed by atoms with Crippen LogP contribution in [0.25, 0.3) is 0 Å². The average Bonchev–Trinajstić information content (AvgIpc) is 3.12. The monoisotopic (exact) mass is 411 g/mol. The van der Waals surface area contributed by atoms with Gasteiger partial charge in [0.1, 0.15) is 11.2 Å². The first-order chi connectivity index (χ1) is 13.1. The summed E-state index contributed by atoms with van der Waals surface area (Å²) >= 11 is 1.57. The molecule has 0 amide bonds. The van der Waals surface area contributed by atoms with Crippen molar-refractivity contribution >= 4 is 23.3 Å². The first kappa shape index (κ1) is 24.4. The van der Waals surface area contributed by atoms with Crippen molar-refractivity contribution in [2.75, 3.05) is 19.6 Å². The number of esters is 1. The Hall–Kier alpha value is -1.60. The molecule has 0 bridgehead atoms. The number of aliphatic hydroxyl groups is 1. The molecule has 0 saturated heterocycles. The second kappa shape index (κ2) is 12.1. The van der Waals surface area contributed by atoms with Gasteiger partial charge in [-0.15, -0.1) is 0 Å². The summed E-state index contributed by atoms with van der Waals surface area (Å²) in [6, 6.07) is 1.93. The van der Waals surface area contributed by atoms with Crippen molar-refractivity contribution in [3.63, 3.8) is 0 Å². The molecule has 1 aromatic rings. The van der Waals surface area contributed by atoms with Gasteiger partial charge >= 0.3 is 5.97 Å². The second-order valence-corrected chi connectivity index (χ2v) is 8.94. The Morgan fingerprint density at radius 2 is 1.89 bits per heavy atom. The third-order valence-corrected chi connectivity index (χ3v) is 4.74. The number of hydrogen-bond donors (Lipinski definition) is 3. The molecule has 3 N–H and O–H groups in total. The van der Waals surface area contributed by atoms with Gasteiger partial charge in [0.2, 0.25) is 0 Å². The molecule has 0 saturated carbocycles.